The van der Waals surface area contributed by atoms with Gasteiger partial charge in [0, 0.05) is 11.8 Å². The highest BCUT2D eigenvalue weighted by molar-refractivity contribution is 6.04. The fourth-order valence-corrected chi connectivity index (χ4v) is 9.49. The van der Waals surface area contributed by atoms with Crippen LogP contribution in [0.5, 0.6) is 0 Å². The Balaban J connectivity index is 1.63. The molecule has 3 saturated carbocycles. The molecule has 1 heterocycles. The number of carbonyl (C=O) groups is 1. The van der Waals surface area contributed by atoms with Crippen LogP contribution in [0.25, 0.3) is 0 Å². The number of aliphatic hydroxyl groups excluding tert-OH is 2. The second kappa shape index (κ2) is 6.86. The number of ketones is 1. The van der Waals surface area contributed by atoms with Crippen molar-refractivity contribution in [2.75, 3.05) is 0 Å². The monoisotopic (exact) mass is 460 g/mol. The molecule has 6 heteroatoms. The van der Waals surface area contributed by atoms with Crippen molar-refractivity contribution >= 4 is 5.78 Å². The van der Waals surface area contributed by atoms with Crippen LogP contribution in [0.1, 0.15) is 86.5 Å². The molecule has 0 amide bonds. The van der Waals surface area contributed by atoms with Crippen LogP contribution >= 0.6 is 0 Å². The number of ether oxygens (including phenoxy) is 1. The van der Waals surface area contributed by atoms with Crippen molar-refractivity contribution in [1.29, 1.82) is 0 Å². The molecule has 0 aromatic heterocycles. The Morgan fingerprint density at radius 1 is 1.06 bits per heavy atom. The summed E-state index contributed by atoms with van der Waals surface area (Å²) in [6, 6.07) is 0. The first-order valence-electron chi connectivity index (χ1n) is 12.7. The number of Topliss-reactive ketones (excluding diaryl/α,β-unsaturated/α-hetero) is 1. The van der Waals surface area contributed by atoms with Gasteiger partial charge in [0.2, 0.25) is 11.4 Å². The van der Waals surface area contributed by atoms with Crippen molar-refractivity contribution < 1.29 is 29.9 Å². The van der Waals surface area contributed by atoms with Gasteiger partial charge >= 0.3 is 0 Å². The quantitative estimate of drug-likeness (QED) is 0.362. The van der Waals surface area contributed by atoms with Gasteiger partial charge in [-0.3, -0.25) is 10.1 Å². The third kappa shape index (κ3) is 2.58. The Hall–Kier alpha value is -1.37. The lowest BCUT2D eigenvalue weighted by molar-refractivity contribution is -0.303. The SMILES string of the molecule is CC1=C2OC3(CC2(OO)C(=O)C(O)=C1)C(C)CCC1C2(C)CCC(O)C(C)(C)C2CCC13C. The molecule has 1 aliphatic heterocycles. The summed E-state index contributed by atoms with van der Waals surface area (Å²) >= 11 is 0. The highest BCUT2D eigenvalue weighted by Crippen LogP contribution is 2.73. The van der Waals surface area contributed by atoms with Crippen LogP contribution in [0.15, 0.2) is 23.2 Å². The van der Waals surface area contributed by atoms with E-state index < -0.39 is 22.7 Å². The van der Waals surface area contributed by atoms with Crippen molar-refractivity contribution in [2.24, 2.45) is 34.0 Å². The van der Waals surface area contributed by atoms with Crippen molar-refractivity contribution in [3.8, 4) is 0 Å². The number of hydrogen-bond acceptors (Lipinski definition) is 6. The van der Waals surface area contributed by atoms with Crippen LogP contribution < -0.4 is 0 Å². The van der Waals surface area contributed by atoms with Gasteiger partial charge in [-0.05, 0) is 85.7 Å². The molecule has 5 rings (SSSR count). The number of hydrogen-bond donors (Lipinski definition) is 3. The second-order valence-corrected chi connectivity index (χ2v) is 12.9. The predicted molar refractivity (Wildman–Crippen MR) is 123 cm³/mol. The van der Waals surface area contributed by atoms with E-state index in [1.165, 1.54) is 6.08 Å². The van der Waals surface area contributed by atoms with Gasteiger partial charge in [-0.15, -0.1) is 0 Å². The van der Waals surface area contributed by atoms with Crippen molar-refractivity contribution in [2.45, 2.75) is 104 Å². The molecule has 4 fully saturated rings. The standard InChI is InChI=1S/C27H40O6/c1-15-13-17(28)21(30)26(33-31)14-27(32-22(15)26)16(2)7-8-19-24(5)11-10-20(29)23(3,4)18(24)9-12-25(19,27)6/h13,16,18-20,28-29,31H,7-12,14H2,1-6H3. The van der Waals surface area contributed by atoms with Gasteiger partial charge in [0.05, 0.1) is 6.10 Å². The maximum absolute atomic E-state index is 13.2. The van der Waals surface area contributed by atoms with Gasteiger partial charge in [0.25, 0.3) is 0 Å². The first-order valence-corrected chi connectivity index (χ1v) is 12.7. The molecule has 4 aliphatic carbocycles. The van der Waals surface area contributed by atoms with Gasteiger partial charge in [-0.2, -0.15) is 0 Å². The number of fused-ring (bicyclic) bond motifs is 5. The molecule has 6 nitrogen and oxygen atoms in total. The summed E-state index contributed by atoms with van der Waals surface area (Å²) in [5, 5.41) is 31.2. The van der Waals surface area contributed by atoms with Gasteiger partial charge in [-0.25, -0.2) is 4.89 Å². The third-order valence-corrected chi connectivity index (χ3v) is 11.3. The Labute approximate surface area is 197 Å². The predicted octanol–water partition coefficient (Wildman–Crippen LogP) is 5.32. The molecule has 0 bridgehead atoms. The number of carbonyl (C=O) groups excluding carboxylic acids is 1. The van der Waals surface area contributed by atoms with E-state index in [4.69, 9.17) is 9.62 Å². The maximum atomic E-state index is 13.2. The van der Waals surface area contributed by atoms with E-state index in [-0.39, 0.29) is 34.7 Å². The summed E-state index contributed by atoms with van der Waals surface area (Å²) in [6.07, 6.45) is 7.11. The van der Waals surface area contributed by atoms with E-state index in [1.54, 1.807) is 6.92 Å². The van der Waals surface area contributed by atoms with Gasteiger partial charge < -0.3 is 14.9 Å². The molecule has 0 radical (unpaired) electrons. The fourth-order valence-electron chi connectivity index (χ4n) is 9.49. The number of aliphatic hydroxyl groups is 2. The third-order valence-electron chi connectivity index (χ3n) is 11.3. The number of allylic oxidation sites excluding steroid dienone is 2. The van der Waals surface area contributed by atoms with E-state index in [0.29, 0.717) is 23.2 Å². The van der Waals surface area contributed by atoms with E-state index >= 15 is 0 Å². The Kier molecular flexibility index (Phi) is 4.86. The van der Waals surface area contributed by atoms with Gasteiger partial charge in [0.15, 0.2) is 5.76 Å². The average Bonchev–Trinajstić information content (AvgIpc) is 3.13. The van der Waals surface area contributed by atoms with Crippen LogP contribution in [-0.4, -0.2) is 38.6 Å². The van der Waals surface area contributed by atoms with Crippen LogP contribution in [-0.2, 0) is 14.4 Å². The topological polar surface area (TPSA) is 96.2 Å². The molecule has 1 spiro atoms. The number of rotatable bonds is 1. The molecular formula is C27H40O6. The lowest BCUT2D eigenvalue weighted by atomic mass is 9.37. The fraction of sp³-hybridized carbons (Fsp3) is 0.815. The minimum Gasteiger partial charge on any atom is -0.504 e. The Morgan fingerprint density at radius 3 is 2.42 bits per heavy atom. The molecule has 1 saturated heterocycles. The van der Waals surface area contributed by atoms with Gasteiger partial charge in [-0.1, -0.05) is 34.6 Å². The molecule has 184 valence electrons. The summed E-state index contributed by atoms with van der Waals surface area (Å²) in [5.74, 6) is 0.275. The van der Waals surface area contributed by atoms with E-state index in [9.17, 15) is 20.3 Å². The average molecular weight is 461 g/mol. The van der Waals surface area contributed by atoms with Crippen molar-refractivity contribution in [3.63, 3.8) is 0 Å². The van der Waals surface area contributed by atoms with Crippen LogP contribution in [0.3, 0.4) is 0 Å². The zero-order valence-corrected chi connectivity index (χ0v) is 20.9. The summed E-state index contributed by atoms with van der Waals surface area (Å²) in [4.78, 5) is 18.1. The molecule has 3 N–H and O–H groups in total. The van der Waals surface area contributed by atoms with Crippen molar-refractivity contribution in [3.05, 3.63) is 23.2 Å². The lowest BCUT2D eigenvalue weighted by Crippen LogP contribution is -2.67. The van der Waals surface area contributed by atoms with E-state index in [2.05, 4.69) is 34.6 Å². The molecule has 0 aromatic rings. The zero-order valence-electron chi connectivity index (χ0n) is 20.9. The lowest BCUT2D eigenvalue weighted by Gasteiger charge is -2.69. The first kappa shape index (κ1) is 23.4. The highest BCUT2D eigenvalue weighted by atomic mass is 17.1. The van der Waals surface area contributed by atoms with E-state index in [0.717, 1.165) is 38.5 Å². The van der Waals surface area contributed by atoms with Crippen LogP contribution in [0.4, 0.5) is 0 Å². The largest absolute Gasteiger partial charge is 0.504 e. The second-order valence-electron chi connectivity index (χ2n) is 12.9. The molecule has 8 atom stereocenters. The zero-order chi connectivity index (χ0) is 24.2. The van der Waals surface area contributed by atoms with Crippen LogP contribution in [0, 0.1) is 34.0 Å². The maximum Gasteiger partial charge on any atom is 0.240 e. The van der Waals surface area contributed by atoms with E-state index in [1.807, 2.05) is 0 Å². The molecule has 8 unspecified atom stereocenters. The highest BCUT2D eigenvalue weighted by Gasteiger charge is 2.74. The molecule has 33 heavy (non-hydrogen) atoms. The summed E-state index contributed by atoms with van der Waals surface area (Å²) in [7, 11) is 0. The summed E-state index contributed by atoms with van der Waals surface area (Å²) in [5.41, 5.74) is -2.06. The molecular weight excluding hydrogens is 420 g/mol. The smallest absolute Gasteiger partial charge is 0.240 e. The summed E-state index contributed by atoms with van der Waals surface area (Å²) < 4.78 is 6.87. The first-order chi connectivity index (χ1) is 15.3. The Bertz CT molecular complexity index is 950. The minimum atomic E-state index is -1.68. The van der Waals surface area contributed by atoms with Gasteiger partial charge in [0.1, 0.15) is 11.4 Å². The molecule has 0 aromatic carbocycles. The van der Waals surface area contributed by atoms with Crippen LogP contribution in [0.2, 0.25) is 0 Å². The Morgan fingerprint density at radius 2 is 1.76 bits per heavy atom. The summed E-state index contributed by atoms with van der Waals surface area (Å²) in [6.45, 7) is 13.2. The molecule has 5 aliphatic rings. The van der Waals surface area contributed by atoms with Crippen molar-refractivity contribution in [1.82, 2.24) is 0 Å². The normalized spacial score (nSPS) is 50.9. The minimum absolute atomic E-state index is 0.0566.